The normalized spacial score (nSPS) is 10.0. The Morgan fingerprint density at radius 2 is 1.44 bits per heavy atom. The lowest BCUT2D eigenvalue weighted by atomic mass is 9.95. The summed E-state index contributed by atoms with van der Waals surface area (Å²) in [6.45, 7) is 0. The van der Waals surface area contributed by atoms with Gasteiger partial charge in [0.25, 0.3) is 0 Å². The summed E-state index contributed by atoms with van der Waals surface area (Å²) in [5, 5.41) is 0. The Morgan fingerprint density at radius 3 is 2.00 bits per heavy atom. The zero-order valence-corrected chi connectivity index (χ0v) is 9.31. The van der Waals surface area contributed by atoms with E-state index >= 15 is 0 Å². The van der Waals surface area contributed by atoms with Crippen molar-refractivity contribution >= 4 is 13.6 Å². The Bertz CT molecular complexity index is 474. The van der Waals surface area contributed by atoms with E-state index in [-0.39, 0.29) is 5.78 Å². The molecule has 0 unspecified atom stereocenters. The number of rotatable bonds is 3. The van der Waals surface area contributed by atoms with Crippen molar-refractivity contribution in [3.05, 3.63) is 71.3 Å². The van der Waals surface area contributed by atoms with Gasteiger partial charge in [0, 0.05) is 11.1 Å². The summed E-state index contributed by atoms with van der Waals surface area (Å²) in [5.74, 6) is 0.0863. The Hall–Kier alpha value is -1.83. The highest BCUT2D eigenvalue weighted by molar-refractivity contribution is 6.09. The van der Waals surface area contributed by atoms with Crippen LogP contribution < -0.4 is 0 Å². The van der Waals surface area contributed by atoms with Gasteiger partial charge in [-0.25, -0.2) is 0 Å². The number of hydrogen-bond donors (Lipinski definition) is 0. The number of carbonyl (C=O) groups is 1. The summed E-state index contributed by atoms with van der Waals surface area (Å²) in [6, 6.07) is 17.2. The minimum Gasteiger partial charge on any atom is -0.289 e. The van der Waals surface area contributed by atoms with Crippen LogP contribution in [0.25, 0.3) is 0 Å². The fourth-order valence-corrected chi connectivity index (χ4v) is 1.65. The van der Waals surface area contributed by atoms with E-state index in [0.717, 1.165) is 17.4 Å². The molecule has 0 aliphatic carbocycles. The van der Waals surface area contributed by atoms with Gasteiger partial charge in [0.1, 0.15) is 7.85 Å². The van der Waals surface area contributed by atoms with Crippen molar-refractivity contribution in [3.8, 4) is 0 Å². The molecule has 2 heteroatoms. The quantitative estimate of drug-likeness (QED) is 0.557. The zero-order valence-electron chi connectivity index (χ0n) is 9.31. The van der Waals surface area contributed by atoms with Crippen LogP contribution in [0, 0.1) is 0 Å². The SMILES string of the molecule is BCc1ccc(C(=O)c2ccccc2)cc1. The lowest BCUT2D eigenvalue weighted by Crippen LogP contribution is -2.00. The summed E-state index contributed by atoms with van der Waals surface area (Å²) in [7, 11) is 2.11. The molecule has 0 saturated heterocycles. The van der Waals surface area contributed by atoms with Crippen molar-refractivity contribution in [3.63, 3.8) is 0 Å². The molecular weight excluding hydrogens is 195 g/mol. The van der Waals surface area contributed by atoms with Gasteiger partial charge in [-0.3, -0.25) is 4.79 Å². The van der Waals surface area contributed by atoms with Gasteiger partial charge in [0.2, 0.25) is 0 Å². The van der Waals surface area contributed by atoms with Crippen LogP contribution >= 0.6 is 0 Å². The number of hydrogen-bond acceptors (Lipinski definition) is 1. The van der Waals surface area contributed by atoms with Gasteiger partial charge in [-0.2, -0.15) is 0 Å². The molecule has 1 nitrogen and oxygen atoms in total. The standard InChI is InChI=1S/C14H13BO/c15-10-11-6-8-13(9-7-11)14(16)12-4-2-1-3-5-12/h1-9H,10,15H2. The second-order valence-electron chi connectivity index (χ2n) is 3.75. The maximum absolute atomic E-state index is 12.0. The number of ketones is 1. The topological polar surface area (TPSA) is 17.1 Å². The summed E-state index contributed by atoms with van der Waals surface area (Å²) < 4.78 is 0. The molecule has 0 atom stereocenters. The van der Waals surface area contributed by atoms with Crippen molar-refractivity contribution in [1.29, 1.82) is 0 Å². The predicted octanol–water partition coefficient (Wildman–Crippen LogP) is 2.05. The van der Waals surface area contributed by atoms with Crippen molar-refractivity contribution < 1.29 is 4.79 Å². The highest BCUT2D eigenvalue weighted by Gasteiger charge is 2.07. The first-order valence-corrected chi connectivity index (χ1v) is 5.50. The molecule has 0 bridgehead atoms. The molecule has 78 valence electrons. The number of carbonyl (C=O) groups excluding carboxylic acids is 1. The largest absolute Gasteiger partial charge is 0.289 e. The molecule has 2 aromatic rings. The van der Waals surface area contributed by atoms with E-state index in [4.69, 9.17) is 0 Å². The monoisotopic (exact) mass is 208 g/mol. The van der Waals surface area contributed by atoms with Gasteiger partial charge in [0.05, 0.1) is 0 Å². The summed E-state index contributed by atoms with van der Waals surface area (Å²) in [6.07, 6.45) is 1.000. The Labute approximate surface area is 96.5 Å². The van der Waals surface area contributed by atoms with Gasteiger partial charge in [-0.05, 0) is 0 Å². The van der Waals surface area contributed by atoms with Crippen LogP contribution in [0.5, 0.6) is 0 Å². The molecule has 0 amide bonds. The molecule has 0 spiro atoms. The molecule has 0 saturated carbocycles. The van der Waals surface area contributed by atoms with Crippen LogP contribution in [0.3, 0.4) is 0 Å². The van der Waals surface area contributed by atoms with Crippen LogP contribution in [0.2, 0.25) is 0 Å². The molecule has 2 aromatic carbocycles. The lowest BCUT2D eigenvalue weighted by molar-refractivity contribution is 0.103. The molecule has 0 fully saturated rings. The molecule has 16 heavy (non-hydrogen) atoms. The molecule has 0 radical (unpaired) electrons. The van der Waals surface area contributed by atoms with Crippen LogP contribution in [-0.2, 0) is 6.32 Å². The fourth-order valence-electron chi connectivity index (χ4n) is 1.65. The van der Waals surface area contributed by atoms with Crippen LogP contribution in [0.4, 0.5) is 0 Å². The van der Waals surface area contributed by atoms with Gasteiger partial charge >= 0.3 is 0 Å². The van der Waals surface area contributed by atoms with Gasteiger partial charge in [-0.15, -0.1) is 0 Å². The molecule has 2 rings (SSSR count). The first kappa shape index (κ1) is 10.7. The van der Waals surface area contributed by atoms with E-state index in [2.05, 4.69) is 7.85 Å². The molecular formula is C14H13BO. The second kappa shape index (κ2) is 4.80. The van der Waals surface area contributed by atoms with Gasteiger partial charge in [0.15, 0.2) is 5.78 Å². The molecule has 0 N–H and O–H groups in total. The number of benzene rings is 2. The molecule has 0 aliphatic heterocycles. The third-order valence-corrected chi connectivity index (χ3v) is 2.66. The van der Waals surface area contributed by atoms with E-state index in [1.165, 1.54) is 5.56 Å². The van der Waals surface area contributed by atoms with Crippen molar-refractivity contribution in [1.82, 2.24) is 0 Å². The van der Waals surface area contributed by atoms with Crippen molar-refractivity contribution in [2.45, 2.75) is 6.32 Å². The Kier molecular flexibility index (Phi) is 3.20. The summed E-state index contributed by atoms with van der Waals surface area (Å²) in [4.78, 5) is 12.0. The second-order valence-corrected chi connectivity index (χ2v) is 3.75. The zero-order chi connectivity index (χ0) is 11.4. The highest BCUT2D eigenvalue weighted by atomic mass is 16.1. The van der Waals surface area contributed by atoms with E-state index < -0.39 is 0 Å². The lowest BCUT2D eigenvalue weighted by Gasteiger charge is -2.02. The van der Waals surface area contributed by atoms with Crippen LogP contribution in [0.1, 0.15) is 21.5 Å². The van der Waals surface area contributed by atoms with E-state index in [1.807, 2.05) is 54.6 Å². The maximum Gasteiger partial charge on any atom is 0.193 e. The average Bonchev–Trinajstić information content (AvgIpc) is 2.39. The third-order valence-electron chi connectivity index (χ3n) is 2.66. The first-order valence-electron chi connectivity index (χ1n) is 5.50. The Morgan fingerprint density at radius 1 is 0.875 bits per heavy atom. The molecule has 0 aliphatic rings. The van der Waals surface area contributed by atoms with Gasteiger partial charge in [-0.1, -0.05) is 66.5 Å². The third kappa shape index (κ3) is 2.22. The van der Waals surface area contributed by atoms with Crippen LogP contribution in [0.15, 0.2) is 54.6 Å². The average molecular weight is 208 g/mol. The molecule has 0 heterocycles. The van der Waals surface area contributed by atoms with E-state index in [1.54, 1.807) is 0 Å². The first-order chi connectivity index (χ1) is 7.81. The van der Waals surface area contributed by atoms with Crippen molar-refractivity contribution in [2.75, 3.05) is 0 Å². The smallest absolute Gasteiger partial charge is 0.193 e. The van der Waals surface area contributed by atoms with Gasteiger partial charge < -0.3 is 0 Å². The minimum atomic E-state index is 0.0863. The highest BCUT2D eigenvalue weighted by Crippen LogP contribution is 2.10. The van der Waals surface area contributed by atoms with E-state index in [0.29, 0.717) is 0 Å². The summed E-state index contributed by atoms with van der Waals surface area (Å²) >= 11 is 0. The fraction of sp³-hybridized carbons (Fsp3) is 0.0714. The maximum atomic E-state index is 12.0. The molecule has 0 aromatic heterocycles. The predicted molar refractivity (Wildman–Crippen MR) is 68.6 cm³/mol. The van der Waals surface area contributed by atoms with E-state index in [9.17, 15) is 4.79 Å². The minimum absolute atomic E-state index is 0.0863. The van der Waals surface area contributed by atoms with Crippen molar-refractivity contribution in [2.24, 2.45) is 0 Å². The summed E-state index contributed by atoms with van der Waals surface area (Å²) in [5.41, 5.74) is 2.75. The Balaban J connectivity index is 2.28. The van der Waals surface area contributed by atoms with Crippen LogP contribution in [-0.4, -0.2) is 13.6 Å².